The van der Waals surface area contributed by atoms with Crippen LogP contribution in [0.1, 0.15) is 25.3 Å². The molecular formula is C23H21F3N6O. The van der Waals surface area contributed by atoms with E-state index in [1.807, 2.05) is 18.5 Å². The van der Waals surface area contributed by atoms with Gasteiger partial charge in [-0.3, -0.25) is 4.99 Å². The standard InChI is InChI=1S/C23H21F3N6O/c1-15-4-2-6-17(10-27-9-15)18-11-28-21-20(12-30-32(21)13-18)16-5-3-7-19(8-16)31-22(33)29-14-23(24,25)26/h3,5-13H,2,4,14H2,1H3,(H2,29,31,33). The van der Waals surface area contributed by atoms with Crippen LogP contribution in [-0.2, 0) is 0 Å². The molecular weight excluding hydrogens is 433 g/mol. The van der Waals surface area contributed by atoms with E-state index in [1.54, 1.807) is 46.6 Å². The highest BCUT2D eigenvalue weighted by atomic mass is 19.4. The molecule has 0 unspecified atom stereocenters. The summed E-state index contributed by atoms with van der Waals surface area (Å²) in [7, 11) is 0. The molecule has 0 fully saturated rings. The number of anilines is 1. The molecule has 0 saturated heterocycles. The fourth-order valence-electron chi connectivity index (χ4n) is 3.36. The summed E-state index contributed by atoms with van der Waals surface area (Å²) >= 11 is 0. The van der Waals surface area contributed by atoms with Crippen molar-refractivity contribution in [1.82, 2.24) is 19.9 Å². The van der Waals surface area contributed by atoms with E-state index in [1.165, 1.54) is 5.57 Å². The summed E-state index contributed by atoms with van der Waals surface area (Å²) < 4.78 is 38.5. The molecule has 2 aromatic heterocycles. The zero-order chi connectivity index (χ0) is 23.4. The molecule has 4 rings (SSSR count). The second-order valence-corrected chi connectivity index (χ2v) is 7.62. The maximum atomic E-state index is 12.3. The normalized spacial score (nSPS) is 14.3. The Kier molecular flexibility index (Phi) is 6.25. The van der Waals surface area contributed by atoms with Gasteiger partial charge in [0.1, 0.15) is 6.54 Å². The molecule has 3 aromatic rings. The number of benzene rings is 1. The molecule has 33 heavy (non-hydrogen) atoms. The Hall–Kier alpha value is -3.95. The number of amides is 2. The number of carbonyl (C=O) groups excluding carboxylic acids is 1. The Morgan fingerprint density at radius 1 is 1.21 bits per heavy atom. The molecule has 0 atom stereocenters. The van der Waals surface area contributed by atoms with Crippen LogP contribution < -0.4 is 10.6 Å². The first-order valence-electron chi connectivity index (χ1n) is 10.2. The molecule has 1 aliphatic heterocycles. The number of allylic oxidation sites excluding steroid dienone is 3. The van der Waals surface area contributed by atoms with Gasteiger partial charge in [-0.05, 0) is 43.0 Å². The summed E-state index contributed by atoms with van der Waals surface area (Å²) in [5, 5.41) is 8.58. The van der Waals surface area contributed by atoms with Crippen molar-refractivity contribution >= 4 is 29.2 Å². The third-order valence-electron chi connectivity index (χ3n) is 4.98. The molecule has 3 heterocycles. The summed E-state index contributed by atoms with van der Waals surface area (Å²) in [5.41, 5.74) is 5.46. The van der Waals surface area contributed by atoms with E-state index in [2.05, 4.69) is 33.4 Å². The molecule has 1 aromatic carbocycles. The Labute approximate surface area is 187 Å². The fourth-order valence-corrected chi connectivity index (χ4v) is 3.36. The van der Waals surface area contributed by atoms with Crippen LogP contribution in [0, 0.1) is 0 Å². The quantitative estimate of drug-likeness (QED) is 0.566. The van der Waals surface area contributed by atoms with Crippen molar-refractivity contribution in [2.24, 2.45) is 4.99 Å². The number of hydrogen-bond donors (Lipinski definition) is 2. The fraction of sp³-hybridized carbons (Fsp3) is 0.217. The van der Waals surface area contributed by atoms with Crippen molar-refractivity contribution in [3.8, 4) is 11.1 Å². The topological polar surface area (TPSA) is 83.7 Å². The van der Waals surface area contributed by atoms with Gasteiger partial charge in [0.05, 0.1) is 6.20 Å². The predicted octanol–water partition coefficient (Wildman–Crippen LogP) is 5.23. The van der Waals surface area contributed by atoms with Crippen LogP contribution in [-0.4, -0.2) is 39.6 Å². The molecule has 7 nitrogen and oxygen atoms in total. The van der Waals surface area contributed by atoms with Gasteiger partial charge in [0.2, 0.25) is 0 Å². The lowest BCUT2D eigenvalue weighted by Crippen LogP contribution is -2.36. The predicted molar refractivity (Wildman–Crippen MR) is 121 cm³/mol. The van der Waals surface area contributed by atoms with Crippen molar-refractivity contribution in [3.05, 3.63) is 66.3 Å². The van der Waals surface area contributed by atoms with E-state index in [9.17, 15) is 18.0 Å². The number of rotatable bonds is 4. The lowest BCUT2D eigenvalue weighted by molar-refractivity contribution is -0.122. The molecule has 10 heteroatoms. The van der Waals surface area contributed by atoms with Crippen LogP contribution >= 0.6 is 0 Å². The largest absolute Gasteiger partial charge is 0.405 e. The van der Waals surface area contributed by atoms with E-state index < -0.39 is 18.8 Å². The van der Waals surface area contributed by atoms with E-state index in [0.717, 1.165) is 29.5 Å². The molecule has 170 valence electrons. The van der Waals surface area contributed by atoms with Crippen LogP contribution in [0.4, 0.5) is 23.7 Å². The van der Waals surface area contributed by atoms with Crippen molar-refractivity contribution < 1.29 is 18.0 Å². The van der Waals surface area contributed by atoms with Crippen LogP contribution in [0.3, 0.4) is 0 Å². The van der Waals surface area contributed by atoms with Gasteiger partial charge in [-0.2, -0.15) is 18.3 Å². The Morgan fingerprint density at radius 2 is 2.06 bits per heavy atom. The number of aliphatic imine (C=N–C) groups is 1. The second kappa shape index (κ2) is 9.27. The summed E-state index contributed by atoms with van der Waals surface area (Å²) in [6, 6.07) is 5.80. The Morgan fingerprint density at radius 3 is 2.88 bits per heavy atom. The monoisotopic (exact) mass is 454 g/mol. The van der Waals surface area contributed by atoms with Crippen LogP contribution in [0.2, 0.25) is 0 Å². The van der Waals surface area contributed by atoms with Crippen LogP contribution in [0.5, 0.6) is 0 Å². The zero-order valence-electron chi connectivity index (χ0n) is 17.7. The molecule has 0 radical (unpaired) electrons. The van der Waals surface area contributed by atoms with Gasteiger partial charge in [0, 0.05) is 41.6 Å². The van der Waals surface area contributed by atoms with Crippen molar-refractivity contribution in [1.29, 1.82) is 0 Å². The lowest BCUT2D eigenvalue weighted by Gasteiger charge is -2.10. The van der Waals surface area contributed by atoms with Gasteiger partial charge < -0.3 is 10.6 Å². The Balaban J connectivity index is 1.55. The first-order chi connectivity index (χ1) is 15.8. The summed E-state index contributed by atoms with van der Waals surface area (Å²) in [4.78, 5) is 20.7. The maximum Gasteiger partial charge on any atom is 0.405 e. The minimum Gasteiger partial charge on any atom is -0.329 e. The number of hydrogen-bond acceptors (Lipinski definition) is 4. The molecule has 0 spiro atoms. The molecule has 2 amide bonds. The van der Waals surface area contributed by atoms with Crippen LogP contribution in [0.25, 0.3) is 22.3 Å². The number of halogens is 3. The number of nitrogens with zero attached hydrogens (tertiary/aromatic N) is 4. The number of aromatic nitrogens is 3. The molecule has 0 aliphatic carbocycles. The molecule has 2 N–H and O–H groups in total. The van der Waals surface area contributed by atoms with E-state index in [4.69, 9.17) is 0 Å². The highest BCUT2D eigenvalue weighted by molar-refractivity contribution is 6.10. The second-order valence-electron chi connectivity index (χ2n) is 7.62. The summed E-state index contributed by atoms with van der Waals surface area (Å²) in [5.74, 6) is 0. The van der Waals surface area contributed by atoms with Gasteiger partial charge >= 0.3 is 12.2 Å². The molecule has 1 aliphatic rings. The third-order valence-corrected chi connectivity index (χ3v) is 4.98. The number of urea groups is 1. The average Bonchev–Trinajstić information content (AvgIpc) is 3.18. The minimum atomic E-state index is -4.48. The van der Waals surface area contributed by atoms with E-state index >= 15 is 0 Å². The lowest BCUT2D eigenvalue weighted by atomic mass is 10.1. The van der Waals surface area contributed by atoms with Gasteiger partial charge in [-0.15, -0.1) is 0 Å². The number of alkyl halides is 3. The number of nitrogens with one attached hydrogen (secondary N) is 2. The third kappa shape index (κ3) is 5.65. The van der Waals surface area contributed by atoms with Gasteiger partial charge in [-0.25, -0.2) is 14.3 Å². The SMILES string of the molecule is CC1=CN=CC(c2cnc3c(-c4cccc(NC(=O)NCC(F)(F)F)c4)cnn3c2)=CCC1. The minimum absolute atomic E-state index is 0.349. The van der Waals surface area contributed by atoms with Crippen molar-refractivity contribution in [2.45, 2.75) is 25.9 Å². The first kappa shape index (κ1) is 22.3. The van der Waals surface area contributed by atoms with E-state index in [-0.39, 0.29) is 0 Å². The van der Waals surface area contributed by atoms with Gasteiger partial charge in [0.25, 0.3) is 0 Å². The van der Waals surface area contributed by atoms with Crippen molar-refractivity contribution in [3.63, 3.8) is 0 Å². The smallest absolute Gasteiger partial charge is 0.329 e. The van der Waals surface area contributed by atoms with Crippen LogP contribution in [0.15, 0.2) is 65.7 Å². The Bertz CT molecular complexity index is 1270. The highest BCUT2D eigenvalue weighted by Gasteiger charge is 2.27. The van der Waals surface area contributed by atoms with Gasteiger partial charge in [-0.1, -0.05) is 23.8 Å². The number of carbonyl (C=O) groups is 1. The summed E-state index contributed by atoms with van der Waals surface area (Å²) in [6.45, 7) is 0.643. The summed E-state index contributed by atoms with van der Waals surface area (Å²) in [6.07, 6.45) is 8.42. The molecule has 0 bridgehead atoms. The average molecular weight is 454 g/mol. The molecule has 0 saturated carbocycles. The number of fused-ring (bicyclic) bond motifs is 1. The first-order valence-corrected chi connectivity index (χ1v) is 10.2. The van der Waals surface area contributed by atoms with Gasteiger partial charge in [0.15, 0.2) is 5.65 Å². The van der Waals surface area contributed by atoms with E-state index in [0.29, 0.717) is 16.9 Å². The van der Waals surface area contributed by atoms with Crippen molar-refractivity contribution in [2.75, 3.05) is 11.9 Å². The zero-order valence-corrected chi connectivity index (χ0v) is 17.7. The maximum absolute atomic E-state index is 12.3. The highest BCUT2D eigenvalue weighted by Crippen LogP contribution is 2.27.